The summed E-state index contributed by atoms with van der Waals surface area (Å²) in [6, 6.07) is 7.75. The Bertz CT molecular complexity index is 269. The molecule has 68 valence electrons. The van der Waals surface area contributed by atoms with E-state index in [2.05, 4.69) is 0 Å². The predicted molar refractivity (Wildman–Crippen MR) is 52.8 cm³/mol. The highest BCUT2D eigenvalue weighted by Gasteiger charge is 2.23. The molecule has 0 N–H and O–H groups in total. The van der Waals surface area contributed by atoms with E-state index in [9.17, 15) is 0 Å². The van der Waals surface area contributed by atoms with Gasteiger partial charge in [0.25, 0.3) is 0 Å². The van der Waals surface area contributed by atoms with Crippen molar-refractivity contribution in [1.29, 1.82) is 0 Å². The zero-order valence-corrected chi connectivity index (χ0v) is 7.96. The smallest absolute Gasteiger partial charge is 0.409 e. The molecule has 2 rings (SSSR count). The third-order valence-corrected chi connectivity index (χ3v) is 2.26. The molecule has 1 heterocycles. The second kappa shape index (κ2) is 4.14. The molecule has 1 aromatic carbocycles. The van der Waals surface area contributed by atoms with Crippen LogP contribution in [-0.2, 0) is 15.6 Å². The molecule has 13 heavy (non-hydrogen) atoms. The van der Waals surface area contributed by atoms with Crippen LogP contribution in [0.3, 0.4) is 0 Å². The van der Waals surface area contributed by atoms with Gasteiger partial charge in [0.1, 0.15) is 0 Å². The summed E-state index contributed by atoms with van der Waals surface area (Å²) >= 11 is 5.77. The fraction of sp³-hybridized carbons (Fsp3) is 0.333. The van der Waals surface area contributed by atoms with Gasteiger partial charge in [-0.25, -0.2) is 0 Å². The Morgan fingerprint density at radius 2 is 1.77 bits per heavy atom. The van der Waals surface area contributed by atoms with Crippen molar-refractivity contribution in [3.05, 3.63) is 34.9 Å². The summed E-state index contributed by atoms with van der Waals surface area (Å²) in [6.07, 6.45) is 0.803. The van der Waals surface area contributed by atoms with Crippen molar-refractivity contribution in [2.24, 2.45) is 0 Å². The minimum atomic E-state index is -0.0684. The lowest BCUT2D eigenvalue weighted by atomic mass is 9.81. The molecule has 0 radical (unpaired) electrons. The lowest BCUT2D eigenvalue weighted by Gasteiger charge is -2.03. The molecule has 0 atom stereocenters. The Morgan fingerprint density at radius 3 is 2.38 bits per heavy atom. The Morgan fingerprint density at radius 1 is 1.15 bits per heavy atom. The fourth-order valence-corrected chi connectivity index (χ4v) is 1.46. The van der Waals surface area contributed by atoms with Gasteiger partial charge in [-0.05, 0) is 17.7 Å². The molecular formula is C9H10BClO2. The Labute approximate surface area is 82.9 Å². The highest BCUT2D eigenvalue weighted by molar-refractivity contribution is 6.44. The van der Waals surface area contributed by atoms with E-state index in [1.54, 1.807) is 0 Å². The van der Waals surface area contributed by atoms with Crippen LogP contribution in [0, 0.1) is 0 Å². The minimum Gasteiger partial charge on any atom is -0.409 e. The Kier molecular flexibility index (Phi) is 2.88. The summed E-state index contributed by atoms with van der Waals surface area (Å²) in [4.78, 5) is 0. The summed E-state index contributed by atoms with van der Waals surface area (Å²) in [7, 11) is -0.0684. The van der Waals surface area contributed by atoms with Crippen LogP contribution in [0.2, 0.25) is 5.02 Å². The number of halogens is 1. The molecule has 1 aromatic rings. The second-order valence-electron chi connectivity index (χ2n) is 3.00. The van der Waals surface area contributed by atoms with E-state index >= 15 is 0 Å². The van der Waals surface area contributed by atoms with Crippen LogP contribution < -0.4 is 0 Å². The van der Waals surface area contributed by atoms with E-state index in [-0.39, 0.29) is 7.12 Å². The van der Waals surface area contributed by atoms with Crippen molar-refractivity contribution >= 4 is 18.7 Å². The zero-order chi connectivity index (χ0) is 9.10. The van der Waals surface area contributed by atoms with Gasteiger partial charge in [-0.1, -0.05) is 23.7 Å². The summed E-state index contributed by atoms with van der Waals surface area (Å²) < 4.78 is 10.7. The minimum absolute atomic E-state index is 0.0684. The van der Waals surface area contributed by atoms with Crippen LogP contribution in [-0.4, -0.2) is 20.3 Å². The van der Waals surface area contributed by atoms with Crippen LogP contribution in [0.5, 0.6) is 0 Å². The van der Waals surface area contributed by atoms with Gasteiger partial charge in [0.15, 0.2) is 0 Å². The maximum atomic E-state index is 5.77. The monoisotopic (exact) mass is 196 g/mol. The van der Waals surface area contributed by atoms with Gasteiger partial charge in [0.2, 0.25) is 0 Å². The maximum absolute atomic E-state index is 5.77. The summed E-state index contributed by atoms with van der Waals surface area (Å²) in [6.45, 7) is 1.41. The maximum Gasteiger partial charge on any atom is 0.461 e. The topological polar surface area (TPSA) is 18.5 Å². The summed E-state index contributed by atoms with van der Waals surface area (Å²) in [5.41, 5.74) is 1.19. The van der Waals surface area contributed by atoms with Crippen molar-refractivity contribution in [2.45, 2.75) is 6.32 Å². The molecule has 0 aliphatic carbocycles. The van der Waals surface area contributed by atoms with Gasteiger partial charge in [0, 0.05) is 11.3 Å². The van der Waals surface area contributed by atoms with Crippen molar-refractivity contribution < 1.29 is 9.31 Å². The number of hydrogen-bond acceptors (Lipinski definition) is 2. The standard InChI is InChI=1S/C9H10BClO2/c11-9-3-1-8(2-4-9)7-10-12-5-6-13-10/h1-4H,5-7H2. The fourth-order valence-electron chi connectivity index (χ4n) is 1.34. The van der Waals surface area contributed by atoms with Gasteiger partial charge in [0.05, 0.1) is 13.2 Å². The van der Waals surface area contributed by atoms with E-state index in [0.717, 1.165) is 11.3 Å². The van der Waals surface area contributed by atoms with Crippen LogP contribution >= 0.6 is 11.6 Å². The molecule has 0 spiro atoms. The number of rotatable bonds is 2. The average molecular weight is 196 g/mol. The molecule has 1 aliphatic heterocycles. The molecule has 4 heteroatoms. The molecular weight excluding hydrogens is 186 g/mol. The Hall–Kier alpha value is -0.505. The number of benzene rings is 1. The first-order valence-electron chi connectivity index (χ1n) is 4.32. The van der Waals surface area contributed by atoms with Gasteiger partial charge >= 0.3 is 7.12 Å². The first-order chi connectivity index (χ1) is 6.34. The van der Waals surface area contributed by atoms with Crippen LogP contribution in [0.25, 0.3) is 0 Å². The van der Waals surface area contributed by atoms with Crippen molar-refractivity contribution in [3.8, 4) is 0 Å². The lowest BCUT2D eigenvalue weighted by molar-refractivity contribution is 0.365. The highest BCUT2D eigenvalue weighted by atomic mass is 35.5. The molecule has 0 saturated carbocycles. The Balaban J connectivity index is 1.97. The SMILES string of the molecule is Clc1ccc(CB2OCCO2)cc1. The molecule has 0 unspecified atom stereocenters. The van der Waals surface area contributed by atoms with E-state index in [4.69, 9.17) is 20.9 Å². The molecule has 1 saturated heterocycles. The third-order valence-electron chi connectivity index (χ3n) is 2.01. The van der Waals surface area contributed by atoms with E-state index in [1.807, 2.05) is 24.3 Å². The molecule has 1 aliphatic rings. The molecule has 2 nitrogen and oxygen atoms in total. The largest absolute Gasteiger partial charge is 0.461 e. The zero-order valence-electron chi connectivity index (χ0n) is 7.20. The van der Waals surface area contributed by atoms with Gasteiger partial charge < -0.3 is 9.31 Å². The quantitative estimate of drug-likeness (QED) is 0.673. The average Bonchev–Trinajstić information content (AvgIpc) is 2.62. The lowest BCUT2D eigenvalue weighted by Crippen LogP contribution is -2.17. The highest BCUT2D eigenvalue weighted by Crippen LogP contribution is 2.12. The van der Waals surface area contributed by atoms with Gasteiger partial charge in [-0.15, -0.1) is 0 Å². The van der Waals surface area contributed by atoms with Gasteiger partial charge in [-0.2, -0.15) is 0 Å². The first kappa shape index (κ1) is 9.07. The van der Waals surface area contributed by atoms with Crippen molar-refractivity contribution in [3.63, 3.8) is 0 Å². The third kappa shape index (κ3) is 2.47. The first-order valence-corrected chi connectivity index (χ1v) is 4.70. The van der Waals surface area contributed by atoms with Crippen molar-refractivity contribution in [2.75, 3.05) is 13.2 Å². The molecule has 1 fully saturated rings. The predicted octanol–water partition coefficient (Wildman–Crippen LogP) is 1.96. The second-order valence-corrected chi connectivity index (χ2v) is 3.44. The summed E-state index contributed by atoms with van der Waals surface area (Å²) in [5.74, 6) is 0. The number of hydrogen-bond donors (Lipinski definition) is 0. The molecule has 0 aromatic heterocycles. The molecule has 0 bridgehead atoms. The van der Waals surface area contributed by atoms with E-state index in [1.165, 1.54) is 5.56 Å². The van der Waals surface area contributed by atoms with Crippen molar-refractivity contribution in [1.82, 2.24) is 0 Å². The normalized spacial score (nSPS) is 16.5. The van der Waals surface area contributed by atoms with Crippen LogP contribution in [0.15, 0.2) is 24.3 Å². The van der Waals surface area contributed by atoms with E-state index in [0.29, 0.717) is 13.2 Å². The van der Waals surface area contributed by atoms with Gasteiger partial charge in [-0.3, -0.25) is 0 Å². The van der Waals surface area contributed by atoms with Crippen LogP contribution in [0.4, 0.5) is 0 Å². The van der Waals surface area contributed by atoms with E-state index < -0.39 is 0 Å². The summed E-state index contributed by atoms with van der Waals surface area (Å²) in [5, 5.41) is 0.761. The molecule has 0 amide bonds. The van der Waals surface area contributed by atoms with Crippen LogP contribution in [0.1, 0.15) is 5.56 Å².